The molecule has 0 atom stereocenters. The minimum Gasteiger partial charge on any atom is -0.393 e. The van der Waals surface area contributed by atoms with Crippen LogP contribution in [0.5, 0.6) is 0 Å². The number of hydrogen-bond donors (Lipinski definition) is 1. The molecule has 1 rings (SSSR count). The number of anilines is 1. The van der Waals surface area contributed by atoms with E-state index in [4.69, 9.17) is 10.5 Å². The molecule has 1 aromatic rings. The van der Waals surface area contributed by atoms with Crippen molar-refractivity contribution >= 4 is 11.4 Å². The van der Waals surface area contributed by atoms with Crippen LogP contribution in [0.4, 0.5) is 11.4 Å². The minimum absolute atomic E-state index is 0.0616. The van der Waals surface area contributed by atoms with Crippen molar-refractivity contribution in [2.75, 3.05) is 12.3 Å². The van der Waals surface area contributed by atoms with Gasteiger partial charge < -0.3 is 10.5 Å². The van der Waals surface area contributed by atoms with E-state index in [2.05, 4.69) is 20.8 Å². The molecule has 0 aliphatic carbocycles. The molecule has 0 unspecified atom stereocenters. The van der Waals surface area contributed by atoms with Crippen molar-refractivity contribution < 1.29 is 9.66 Å². The summed E-state index contributed by atoms with van der Waals surface area (Å²) in [4.78, 5) is 10.1. The zero-order valence-corrected chi connectivity index (χ0v) is 11.1. The monoisotopic (exact) mass is 252 g/mol. The highest BCUT2D eigenvalue weighted by atomic mass is 16.6. The fraction of sp³-hybridized carbons (Fsp3) is 0.538. The van der Waals surface area contributed by atoms with Gasteiger partial charge in [0, 0.05) is 12.7 Å². The second-order valence-electron chi connectivity index (χ2n) is 5.51. The molecule has 100 valence electrons. The first kappa shape index (κ1) is 14.4. The molecular weight excluding hydrogens is 232 g/mol. The first-order chi connectivity index (χ1) is 8.29. The predicted octanol–water partition coefficient (Wildman–Crippen LogP) is 3.13. The third-order valence-corrected chi connectivity index (χ3v) is 2.55. The van der Waals surface area contributed by atoms with Gasteiger partial charge in [0.05, 0.1) is 11.5 Å². The highest BCUT2D eigenvalue weighted by Crippen LogP contribution is 2.23. The van der Waals surface area contributed by atoms with Crippen LogP contribution in [0.25, 0.3) is 0 Å². The van der Waals surface area contributed by atoms with Gasteiger partial charge in [0.2, 0.25) is 0 Å². The third-order valence-electron chi connectivity index (χ3n) is 2.55. The average molecular weight is 252 g/mol. The standard InChI is InChI=1S/C13H20N2O3/c1-13(2,3)6-7-18-9-10-4-5-12(15(16)17)11(14)8-10/h4-5,8H,6-7,9,14H2,1-3H3. The summed E-state index contributed by atoms with van der Waals surface area (Å²) in [5.74, 6) is 0. The number of benzene rings is 1. The van der Waals surface area contributed by atoms with E-state index >= 15 is 0 Å². The van der Waals surface area contributed by atoms with E-state index in [0.717, 1.165) is 12.0 Å². The summed E-state index contributed by atoms with van der Waals surface area (Å²) >= 11 is 0. The number of ether oxygens (including phenoxy) is 1. The molecule has 0 radical (unpaired) electrons. The van der Waals surface area contributed by atoms with Crippen LogP contribution in [0.2, 0.25) is 0 Å². The molecule has 0 spiro atoms. The molecule has 2 N–H and O–H groups in total. The Morgan fingerprint density at radius 3 is 2.56 bits per heavy atom. The Balaban J connectivity index is 2.49. The molecule has 0 amide bonds. The van der Waals surface area contributed by atoms with Crippen molar-refractivity contribution in [3.8, 4) is 0 Å². The first-order valence-electron chi connectivity index (χ1n) is 5.90. The molecule has 5 nitrogen and oxygen atoms in total. The molecule has 1 aromatic carbocycles. The molecule has 5 heteroatoms. The molecule has 0 fully saturated rings. The van der Waals surface area contributed by atoms with Gasteiger partial charge in [-0.05, 0) is 29.5 Å². The summed E-state index contributed by atoms with van der Waals surface area (Å²) in [6.07, 6.45) is 0.968. The highest BCUT2D eigenvalue weighted by Gasteiger charge is 2.12. The fourth-order valence-corrected chi connectivity index (χ4v) is 1.43. The van der Waals surface area contributed by atoms with E-state index in [-0.39, 0.29) is 16.8 Å². The lowest BCUT2D eigenvalue weighted by Gasteiger charge is -2.17. The van der Waals surface area contributed by atoms with Crippen molar-refractivity contribution in [1.29, 1.82) is 0 Å². The van der Waals surface area contributed by atoms with Crippen LogP contribution in [0, 0.1) is 15.5 Å². The van der Waals surface area contributed by atoms with Gasteiger partial charge in [-0.15, -0.1) is 0 Å². The number of nitro benzene ring substituents is 1. The number of nitro groups is 1. The second kappa shape index (κ2) is 5.82. The Labute approximate surface area is 107 Å². The van der Waals surface area contributed by atoms with E-state index in [1.165, 1.54) is 6.07 Å². The van der Waals surface area contributed by atoms with E-state index in [1.807, 2.05) is 0 Å². The number of hydrogen-bond acceptors (Lipinski definition) is 4. The Kier molecular flexibility index (Phi) is 4.67. The molecule has 0 saturated carbocycles. The SMILES string of the molecule is CC(C)(C)CCOCc1ccc([N+](=O)[O-])c(N)c1. The van der Waals surface area contributed by atoms with E-state index in [0.29, 0.717) is 13.2 Å². The summed E-state index contributed by atoms with van der Waals surface area (Å²) in [5.41, 5.74) is 6.81. The van der Waals surface area contributed by atoms with Gasteiger partial charge in [0.15, 0.2) is 0 Å². The summed E-state index contributed by atoms with van der Waals surface area (Å²) in [7, 11) is 0. The second-order valence-corrected chi connectivity index (χ2v) is 5.51. The summed E-state index contributed by atoms with van der Waals surface area (Å²) in [6.45, 7) is 7.55. The predicted molar refractivity (Wildman–Crippen MR) is 71.2 cm³/mol. The quantitative estimate of drug-likeness (QED) is 0.378. The van der Waals surface area contributed by atoms with E-state index in [1.54, 1.807) is 12.1 Å². The summed E-state index contributed by atoms with van der Waals surface area (Å²) < 4.78 is 5.53. The zero-order chi connectivity index (χ0) is 13.8. The van der Waals surface area contributed by atoms with Crippen LogP contribution >= 0.6 is 0 Å². The first-order valence-corrected chi connectivity index (χ1v) is 5.90. The van der Waals surface area contributed by atoms with Crippen LogP contribution < -0.4 is 5.73 Å². The zero-order valence-electron chi connectivity index (χ0n) is 11.1. The van der Waals surface area contributed by atoms with Crippen LogP contribution in [0.15, 0.2) is 18.2 Å². The van der Waals surface area contributed by atoms with E-state index in [9.17, 15) is 10.1 Å². The third kappa shape index (κ3) is 4.71. The Morgan fingerprint density at radius 2 is 2.06 bits per heavy atom. The highest BCUT2D eigenvalue weighted by molar-refractivity contribution is 5.59. The van der Waals surface area contributed by atoms with Crippen molar-refractivity contribution in [3.05, 3.63) is 33.9 Å². The Morgan fingerprint density at radius 1 is 1.39 bits per heavy atom. The Hall–Kier alpha value is -1.62. The number of nitrogens with zero attached hydrogens (tertiary/aromatic N) is 1. The summed E-state index contributed by atoms with van der Waals surface area (Å²) in [6, 6.07) is 4.68. The fourth-order valence-electron chi connectivity index (χ4n) is 1.43. The molecule has 0 aromatic heterocycles. The van der Waals surface area contributed by atoms with Gasteiger partial charge in [-0.1, -0.05) is 20.8 Å². The summed E-state index contributed by atoms with van der Waals surface area (Å²) in [5, 5.41) is 10.6. The van der Waals surface area contributed by atoms with Crippen LogP contribution in [-0.2, 0) is 11.3 Å². The van der Waals surface area contributed by atoms with Gasteiger partial charge in [-0.3, -0.25) is 10.1 Å². The van der Waals surface area contributed by atoms with Crippen LogP contribution in [-0.4, -0.2) is 11.5 Å². The van der Waals surface area contributed by atoms with Gasteiger partial charge in [-0.25, -0.2) is 0 Å². The average Bonchev–Trinajstić information content (AvgIpc) is 2.22. The molecule has 0 bridgehead atoms. The normalized spacial score (nSPS) is 11.5. The Bertz CT molecular complexity index is 425. The van der Waals surface area contributed by atoms with Gasteiger partial charge in [0.1, 0.15) is 5.69 Å². The van der Waals surface area contributed by atoms with Crippen molar-refractivity contribution in [3.63, 3.8) is 0 Å². The largest absolute Gasteiger partial charge is 0.393 e. The lowest BCUT2D eigenvalue weighted by molar-refractivity contribution is -0.383. The van der Waals surface area contributed by atoms with Crippen LogP contribution in [0.3, 0.4) is 0 Å². The maximum absolute atomic E-state index is 10.6. The van der Waals surface area contributed by atoms with Crippen molar-refractivity contribution in [2.45, 2.75) is 33.8 Å². The van der Waals surface area contributed by atoms with Gasteiger partial charge >= 0.3 is 0 Å². The molecular formula is C13H20N2O3. The molecule has 0 aliphatic rings. The van der Waals surface area contributed by atoms with Crippen LogP contribution in [0.1, 0.15) is 32.8 Å². The lowest BCUT2D eigenvalue weighted by Crippen LogP contribution is -2.09. The van der Waals surface area contributed by atoms with Gasteiger partial charge in [0.25, 0.3) is 5.69 Å². The maximum atomic E-state index is 10.6. The molecule has 0 aliphatic heterocycles. The minimum atomic E-state index is -0.487. The lowest BCUT2D eigenvalue weighted by atomic mass is 9.93. The molecule has 0 heterocycles. The van der Waals surface area contributed by atoms with Crippen molar-refractivity contribution in [1.82, 2.24) is 0 Å². The van der Waals surface area contributed by atoms with Gasteiger partial charge in [-0.2, -0.15) is 0 Å². The van der Waals surface area contributed by atoms with Crippen molar-refractivity contribution in [2.24, 2.45) is 5.41 Å². The maximum Gasteiger partial charge on any atom is 0.292 e. The molecule has 0 saturated heterocycles. The number of rotatable bonds is 5. The smallest absolute Gasteiger partial charge is 0.292 e. The number of nitrogen functional groups attached to an aromatic ring is 1. The molecule has 18 heavy (non-hydrogen) atoms. The topological polar surface area (TPSA) is 78.4 Å². The number of nitrogens with two attached hydrogens (primary N) is 1. The van der Waals surface area contributed by atoms with E-state index < -0.39 is 4.92 Å².